The molecule has 2 saturated heterocycles. The minimum absolute atomic E-state index is 0.0445. The molecular formula is C27H33F3N6O2. The molecule has 0 aliphatic carbocycles. The van der Waals surface area contributed by atoms with Gasteiger partial charge in [0.1, 0.15) is 5.82 Å². The number of nitrogens with one attached hydrogen (secondary N) is 1. The van der Waals surface area contributed by atoms with Gasteiger partial charge in [0.25, 0.3) is 0 Å². The molecule has 2 fully saturated rings. The van der Waals surface area contributed by atoms with Crippen molar-refractivity contribution in [1.29, 1.82) is 0 Å². The number of hydrogen-bond acceptors (Lipinski definition) is 6. The molecule has 0 spiro atoms. The molecule has 2 atom stereocenters. The Morgan fingerprint density at radius 3 is 2.55 bits per heavy atom. The van der Waals surface area contributed by atoms with Gasteiger partial charge in [0.15, 0.2) is 5.65 Å². The Hall–Kier alpha value is -3.18. The summed E-state index contributed by atoms with van der Waals surface area (Å²) in [6, 6.07) is 4.60. The van der Waals surface area contributed by atoms with E-state index in [-0.39, 0.29) is 36.4 Å². The standard InChI is InChI=1S/C27H33F3N6O2/c1-17-14-35(15-18(2)32-17)26(37)12-22-23(11-20-5-4-6-21(19(20)3)27(28,29)30)36-16-25(31-13-24(36)33-22)34-7-9-38-10-8-34/h4-6,13,16-18,32H,7-12,14-15H2,1-3H3. The summed E-state index contributed by atoms with van der Waals surface area (Å²) in [7, 11) is 0. The van der Waals surface area contributed by atoms with Crippen molar-refractivity contribution >= 4 is 17.4 Å². The van der Waals surface area contributed by atoms with Crippen molar-refractivity contribution in [3.05, 3.63) is 58.7 Å². The zero-order valence-electron chi connectivity index (χ0n) is 21.9. The second-order valence-electron chi connectivity index (χ2n) is 10.3. The number of rotatable bonds is 5. The molecule has 0 radical (unpaired) electrons. The van der Waals surface area contributed by atoms with Crippen LogP contribution < -0.4 is 10.2 Å². The Kier molecular flexibility index (Phi) is 7.32. The summed E-state index contributed by atoms with van der Waals surface area (Å²) in [6.07, 6.45) is -0.631. The van der Waals surface area contributed by atoms with Crippen molar-refractivity contribution in [2.75, 3.05) is 44.3 Å². The third-order valence-corrected chi connectivity index (χ3v) is 7.35. The minimum Gasteiger partial charge on any atom is -0.378 e. The molecule has 1 aromatic carbocycles. The largest absolute Gasteiger partial charge is 0.416 e. The van der Waals surface area contributed by atoms with E-state index < -0.39 is 11.7 Å². The van der Waals surface area contributed by atoms with Gasteiger partial charge in [-0.3, -0.25) is 9.20 Å². The maximum Gasteiger partial charge on any atom is 0.416 e. The lowest BCUT2D eigenvalue weighted by Crippen LogP contribution is -2.56. The smallest absolute Gasteiger partial charge is 0.378 e. The number of amides is 1. The van der Waals surface area contributed by atoms with Gasteiger partial charge < -0.3 is 19.9 Å². The highest BCUT2D eigenvalue weighted by atomic mass is 19.4. The molecule has 11 heteroatoms. The van der Waals surface area contributed by atoms with Crippen molar-refractivity contribution in [2.45, 2.75) is 51.9 Å². The summed E-state index contributed by atoms with van der Waals surface area (Å²) in [4.78, 5) is 26.6. The lowest BCUT2D eigenvalue weighted by Gasteiger charge is -2.36. The van der Waals surface area contributed by atoms with Gasteiger partial charge in [-0.05, 0) is 38.0 Å². The Balaban J connectivity index is 1.54. The first-order chi connectivity index (χ1) is 18.1. The van der Waals surface area contributed by atoms with Crippen molar-refractivity contribution in [2.24, 2.45) is 0 Å². The van der Waals surface area contributed by atoms with Crippen LogP contribution in [0.25, 0.3) is 5.65 Å². The average Bonchev–Trinajstić information content (AvgIpc) is 3.20. The molecule has 4 heterocycles. The second-order valence-corrected chi connectivity index (χ2v) is 10.3. The molecule has 2 unspecified atom stereocenters. The number of carbonyl (C=O) groups excluding carboxylic acids is 1. The van der Waals surface area contributed by atoms with Crippen LogP contribution in [0.4, 0.5) is 19.0 Å². The van der Waals surface area contributed by atoms with Gasteiger partial charge in [-0.15, -0.1) is 0 Å². The van der Waals surface area contributed by atoms with Gasteiger partial charge >= 0.3 is 6.18 Å². The monoisotopic (exact) mass is 530 g/mol. The minimum atomic E-state index is -4.44. The Bertz CT molecular complexity index is 1310. The molecule has 2 aliphatic heterocycles. The van der Waals surface area contributed by atoms with Crippen LogP contribution in [0.2, 0.25) is 0 Å². The molecule has 8 nitrogen and oxygen atoms in total. The Morgan fingerprint density at radius 2 is 1.87 bits per heavy atom. The van der Waals surface area contributed by atoms with E-state index in [9.17, 15) is 18.0 Å². The average molecular weight is 531 g/mol. The zero-order valence-corrected chi connectivity index (χ0v) is 21.9. The van der Waals surface area contributed by atoms with E-state index in [1.54, 1.807) is 12.3 Å². The first-order valence-electron chi connectivity index (χ1n) is 13.0. The molecule has 0 saturated carbocycles. The Labute approximate surface area is 219 Å². The number of alkyl halides is 3. The van der Waals surface area contributed by atoms with E-state index in [2.05, 4.69) is 15.2 Å². The van der Waals surface area contributed by atoms with Crippen LogP contribution in [0.1, 0.15) is 41.9 Å². The first kappa shape index (κ1) is 26.4. The van der Waals surface area contributed by atoms with Gasteiger partial charge in [0.2, 0.25) is 5.91 Å². The quantitative estimate of drug-likeness (QED) is 0.546. The van der Waals surface area contributed by atoms with E-state index in [0.29, 0.717) is 62.0 Å². The van der Waals surface area contributed by atoms with Gasteiger partial charge in [-0.1, -0.05) is 12.1 Å². The zero-order chi connectivity index (χ0) is 27.0. The topological polar surface area (TPSA) is 75.0 Å². The predicted octanol–water partition coefficient (Wildman–Crippen LogP) is 3.24. The summed E-state index contributed by atoms with van der Waals surface area (Å²) in [5.41, 5.74) is 1.90. The number of aromatic nitrogens is 3. The number of imidazole rings is 1. The van der Waals surface area contributed by atoms with E-state index >= 15 is 0 Å². The van der Waals surface area contributed by atoms with Crippen LogP contribution in [0.3, 0.4) is 0 Å². The Morgan fingerprint density at radius 1 is 1.16 bits per heavy atom. The van der Waals surface area contributed by atoms with Gasteiger partial charge in [0.05, 0.1) is 49.0 Å². The van der Waals surface area contributed by atoms with E-state index in [1.807, 2.05) is 29.3 Å². The molecule has 204 valence electrons. The number of anilines is 1. The molecule has 38 heavy (non-hydrogen) atoms. The highest BCUT2D eigenvalue weighted by Gasteiger charge is 2.33. The van der Waals surface area contributed by atoms with E-state index in [0.717, 1.165) is 11.9 Å². The summed E-state index contributed by atoms with van der Waals surface area (Å²) in [5.74, 6) is 0.694. The molecule has 2 aliphatic rings. The molecular weight excluding hydrogens is 497 g/mol. The normalized spacial score (nSPS) is 20.8. The lowest BCUT2D eigenvalue weighted by molar-refractivity contribution is -0.138. The molecule has 1 N–H and O–H groups in total. The maximum atomic E-state index is 13.6. The highest BCUT2D eigenvalue weighted by Crippen LogP contribution is 2.34. The van der Waals surface area contributed by atoms with Crippen LogP contribution in [-0.2, 0) is 28.5 Å². The van der Waals surface area contributed by atoms with Crippen molar-refractivity contribution in [3.63, 3.8) is 0 Å². The predicted molar refractivity (Wildman–Crippen MR) is 137 cm³/mol. The maximum absolute atomic E-state index is 13.6. The third-order valence-electron chi connectivity index (χ3n) is 7.35. The summed E-state index contributed by atoms with van der Waals surface area (Å²) in [6.45, 7) is 9.37. The third kappa shape index (κ3) is 5.49. The van der Waals surface area contributed by atoms with Crippen LogP contribution in [0.15, 0.2) is 30.6 Å². The number of hydrogen-bond donors (Lipinski definition) is 1. The summed E-state index contributed by atoms with van der Waals surface area (Å²) >= 11 is 0. The van der Waals surface area contributed by atoms with Crippen molar-refractivity contribution < 1.29 is 22.7 Å². The van der Waals surface area contributed by atoms with E-state index in [4.69, 9.17) is 9.72 Å². The summed E-state index contributed by atoms with van der Waals surface area (Å²) in [5, 5.41) is 3.43. The molecule has 0 bridgehead atoms. The SMILES string of the molecule is Cc1c(Cc2c(CC(=O)N3CC(C)NC(C)C3)nc3cnc(N4CCOCC4)cn23)cccc1C(F)(F)F. The second kappa shape index (κ2) is 10.5. The van der Waals surface area contributed by atoms with Crippen molar-refractivity contribution in [1.82, 2.24) is 24.6 Å². The number of piperazine rings is 1. The number of carbonyl (C=O) groups is 1. The van der Waals surface area contributed by atoms with Crippen molar-refractivity contribution in [3.8, 4) is 0 Å². The lowest BCUT2D eigenvalue weighted by atomic mass is 9.97. The number of morpholine rings is 1. The van der Waals surface area contributed by atoms with Gasteiger partial charge in [-0.25, -0.2) is 9.97 Å². The van der Waals surface area contributed by atoms with Gasteiger partial charge in [-0.2, -0.15) is 13.2 Å². The first-order valence-corrected chi connectivity index (χ1v) is 13.0. The van der Waals surface area contributed by atoms with Gasteiger partial charge in [0, 0.05) is 44.7 Å². The fourth-order valence-electron chi connectivity index (χ4n) is 5.47. The fourth-order valence-corrected chi connectivity index (χ4v) is 5.47. The number of benzene rings is 1. The van der Waals surface area contributed by atoms with Crippen LogP contribution in [-0.4, -0.2) is 76.7 Å². The number of fused-ring (bicyclic) bond motifs is 1. The molecule has 2 aromatic heterocycles. The molecule has 5 rings (SSSR count). The fraction of sp³-hybridized carbons (Fsp3) is 0.519. The number of halogens is 3. The number of nitrogens with zero attached hydrogens (tertiary/aromatic N) is 5. The highest BCUT2D eigenvalue weighted by molar-refractivity contribution is 5.79. The number of ether oxygens (including phenoxy) is 1. The van der Waals surface area contributed by atoms with E-state index in [1.165, 1.54) is 13.0 Å². The van der Waals surface area contributed by atoms with Crippen LogP contribution in [0, 0.1) is 6.92 Å². The van der Waals surface area contributed by atoms with Crippen LogP contribution in [0.5, 0.6) is 0 Å². The summed E-state index contributed by atoms with van der Waals surface area (Å²) < 4.78 is 48.3. The molecule has 1 amide bonds. The van der Waals surface area contributed by atoms with Crippen LogP contribution >= 0.6 is 0 Å². The molecule has 3 aromatic rings.